The van der Waals surface area contributed by atoms with Crippen LogP contribution in [0.25, 0.3) is 70.8 Å². The maximum atomic E-state index is 5.32. The molecule has 35 heavy (non-hydrogen) atoms. The molecule has 0 aliphatic carbocycles. The second kappa shape index (κ2) is 5.99. The van der Waals surface area contributed by atoms with Crippen molar-refractivity contribution in [3.63, 3.8) is 0 Å². The van der Waals surface area contributed by atoms with Crippen LogP contribution in [-0.2, 0) is 0 Å². The van der Waals surface area contributed by atoms with E-state index in [0.717, 1.165) is 5.52 Å². The Balaban J connectivity index is 1.61. The summed E-state index contributed by atoms with van der Waals surface area (Å²) in [4.78, 5) is 1.45. The summed E-state index contributed by atoms with van der Waals surface area (Å²) in [7, 11) is 0.0396. The highest BCUT2D eigenvalue weighted by Crippen LogP contribution is 2.49. The summed E-state index contributed by atoms with van der Waals surface area (Å²) in [6, 6.07) is 31.7. The van der Waals surface area contributed by atoms with Crippen LogP contribution < -0.4 is 0 Å². The van der Waals surface area contributed by atoms with Crippen molar-refractivity contribution in [3.05, 3.63) is 95.0 Å². The fraction of sp³-hybridized carbons (Fsp3) is 0.0625. The van der Waals surface area contributed by atoms with Gasteiger partial charge in [0.2, 0.25) is 0 Å². The molecule has 0 fully saturated rings. The number of hydrogen-bond acceptors (Lipinski definition) is 1. The lowest BCUT2D eigenvalue weighted by molar-refractivity contribution is 1.04. The number of aryl methyl sites for hydroxylation is 1. The molecule has 2 aromatic heterocycles. The van der Waals surface area contributed by atoms with Crippen molar-refractivity contribution in [2.75, 3.05) is 6.26 Å². The first kappa shape index (κ1) is 18.4. The minimum atomic E-state index is 0.0396. The molecule has 1 unspecified atom stereocenters. The van der Waals surface area contributed by atoms with Gasteiger partial charge in [0.1, 0.15) is 5.52 Å². The number of pyridine rings is 1. The van der Waals surface area contributed by atoms with E-state index in [4.69, 9.17) is 5.10 Å². The number of fused-ring (bicyclic) bond motifs is 6. The van der Waals surface area contributed by atoms with E-state index in [-0.39, 0.29) is 10.5 Å². The van der Waals surface area contributed by atoms with Crippen LogP contribution >= 0.6 is 10.5 Å². The van der Waals surface area contributed by atoms with Gasteiger partial charge in [-0.05, 0) is 64.2 Å². The van der Waals surface area contributed by atoms with Crippen LogP contribution in [0.5, 0.6) is 0 Å². The van der Waals surface area contributed by atoms with Crippen LogP contribution in [0, 0.1) is 11.4 Å². The maximum Gasteiger partial charge on any atom is 0.102 e. The zero-order valence-electron chi connectivity index (χ0n) is 19.4. The molecule has 3 heterocycles. The normalized spacial score (nSPS) is 15.4. The topological polar surface area (TPSA) is 17.3 Å². The largest absolute Gasteiger partial charge is 0.231 e. The van der Waals surface area contributed by atoms with Crippen molar-refractivity contribution in [2.45, 2.75) is 11.8 Å². The first-order valence-corrected chi connectivity index (χ1v) is 13.7. The summed E-state index contributed by atoms with van der Waals surface area (Å²) in [6.45, 7) is 2.25. The zero-order valence-corrected chi connectivity index (χ0v) is 20.2. The van der Waals surface area contributed by atoms with E-state index in [9.17, 15) is 0 Å². The number of benzene rings is 6. The molecule has 1 aliphatic rings. The van der Waals surface area contributed by atoms with Crippen molar-refractivity contribution in [3.8, 4) is 11.1 Å². The van der Waals surface area contributed by atoms with Crippen molar-refractivity contribution >= 4 is 70.1 Å². The Labute approximate surface area is 203 Å². The third-order valence-electron chi connectivity index (χ3n) is 8.27. The highest BCUT2D eigenvalue weighted by Gasteiger charge is 2.24. The van der Waals surface area contributed by atoms with E-state index in [1.54, 1.807) is 0 Å². The molecular weight excluding hydrogens is 444 g/mol. The summed E-state index contributed by atoms with van der Waals surface area (Å²) < 4.78 is 3.69. The Bertz CT molecular complexity index is 2290. The van der Waals surface area contributed by atoms with Crippen molar-refractivity contribution in [2.24, 2.45) is 0 Å². The van der Waals surface area contributed by atoms with Crippen LogP contribution in [-0.4, -0.2) is 15.9 Å². The average molecular weight is 465 g/mol. The van der Waals surface area contributed by atoms with Crippen LogP contribution in [0.1, 0.15) is 5.56 Å². The van der Waals surface area contributed by atoms with Crippen molar-refractivity contribution in [1.82, 2.24) is 9.61 Å². The molecule has 0 saturated carbocycles. The van der Waals surface area contributed by atoms with Crippen LogP contribution in [0.3, 0.4) is 0 Å². The van der Waals surface area contributed by atoms with Crippen LogP contribution in [0.2, 0.25) is 0 Å². The lowest BCUT2D eigenvalue weighted by Crippen LogP contribution is -1.98. The number of aromatic nitrogens is 2. The Morgan fingerprint density at radius 2 is 1.40 bits per heavy atom. The predicted octanol–water partition coefficient (Wildman–Crippen LogP) is 8.75. The van der Waals surface area contributed by atoms with E-state index < -0.39 is 0 Å². The molecular formula is C32H20N2S. The minimum absolute atomic E-state index is 0.0396. The number of rotatable bonds is 0. The maximum absolute atomic E-state index is 5.32. The molecule has 1 atom stereocenters. The summed E-state index contributed by atoms with van der Waals surface area (Å²) in [5, 5.41) is 15.8. The Hall–Kier alpha value is -3.95. The lowest BCUT2D eigenvalue weighted by Gasteiger charge is -2.22. The summed E-state index contributed by atoms with van der Waals surface area (Å²) in [5.74, 6) is 0. The van der Waals surface area contributed by atoms with E-state index in [1.165, 1.54) is 80.2 Å². The van der Waals surface area contributed by atoms with E-state index >= 15 is 0 Å². The molecule has 8 aromatic rings. The standard InChI is InChI=1S/C32H20N2S/c1-17-18-7-3-4-9-23(18)31-30-19(17)11-12-24-22-14-16-27-29-21(20-8-5-6-10-26(20)35(27)2)13-15-25(28(22)29)34(33-31)32(24)30/h3-16H,1-2H3. The highest BCUT2D eigenvalue weighted by molar-refractivity contribution is 8.09. The molecule has 6 aromatic carbocycles. The first-order valence-electron chi connectivity index (χ1n) is 12.1. The molecule has 164 valence electrons. The zero-order chi connectivity index (χ0) is 23.0. The number of nitrogens with zero attached hydrogens (tertiary/aromatic N) is 2. The average Bonchev–Trinajstić information content (AvgIpc) is 3.31. The lowest BCUT2D eigenvalue weighted by atomic mass is 9.91. The third kappa shape index (κ3) is 1.99. The van der Waals surface area contributed by atoms with Gasteiger partial charge in [-0.3, -0.25) is 0 Å². The van der Waals surface area contributed by atoms with Gasteiger partial charge in [0, 0.05) is 36.3 Å². The van der Waals surface area contributed by atoms with Crippen molar-refractivity contribution in [1.29, 1.82) is 0 Å². The Kier molecular flexibility index (Phi) is 3.15. The fourth-order valence-corrected chi connectivity index (χ4v) is 8.52. The summed E-state index contributed by atoms with van der Waals surface area (Å²) in [5.41, 5.74) is 7.62. The summed E-state index contributed by atoms with van der Waals surface area (Å²) in [6.07, 6.45) is 2.37. The van der Waals surface area contributed by atoms with Gasteiger partial charge in [-0.15, -0.1) is 10.5 Å². The molecule has 2 nitrogen and oxygen atoms in total. The van der Waals surface area contributed by atoms with Gasteiger partial charge < -0.3 is 0 Å². The van der Waals surface area contributed by atoms with E-state index in [1.807, 2.05) is 0 Å². The van der Waals surface area contributed by atoms with E-state index in [2.05, 4.69) is 103 Å². The molecule has 9 rings (SSSR count). The van der Waals surface area contributed by atoms with Gasteiger partial charge in [0.15, 0.2) is 0 Å². The number of hydrogen-bond donors (Lipinski definition) is 0. The van der Waals surface area contributed by atoms with Gasteiger partial charge in [-0.1, -0.05) is 66.7 Å². The third-order valence-corrected chi connectivity index (χ3v) is 10.3. The molecule has 0 N–H and O–H groups in total. The molecule has 1 aliphatic heterocycles. The molecule has 0 saturated heterocycles. The SMILES string of the molecule is Cc1c2ccccc2c2nn3c4ccc5c6c(ccc(c7ccc1c2c73)c64)=S(C)c1ccccc1-5. The van der Waals surface area contributed by atoms with Gasteiger partial charge in [0.25, 0.3) is 0 Å². The molecule has 0 bridgehead atoms. The minimum Gasteiger partial charge on any atom is -0.231 e. The smallest absolute Gasteiger partial charge is 0.102 e. The quantitative estimate of drug-likeness (QED) is 0.125. The second-order valence-electron chi connectivity index (χ2n) is 9.82. The summed E-state index contributed by atoms with van der Waals surface area (Å²) >= 11 is 0. The Morgan fingerprint density at radius 3 is 2.31 bits per heavy atom. The first-order chi connectivity index (χ1) is 17.2. The van der Waals surface area contributed by atoms with Crippen LogP contribution in [0.4, 0.5) is 0 Å². The van der Waals surface area contributed by atoms with Gasteiger partial charge in [-0.2, -0.15) is 5.10 Å². The molecule has 0 radical (unpaired) electrons. The van der Waals surface area contributed by atoms with Gasteiger partial charge in [-0.25, -0.2) is 4.52 Å². The monoisotopic (exact) mass is 464 g/mol. The second-order valence-corrected chi connectivity index (χ2v) is 11.7. The van der Waals surface area contributed by atoms with Crippen LogP contribution in [0.15, 0.2) is 89.8 Å². The predicted molar refractivity (Wildman–Crippen MR) is 150 cm³/mol. The molecule has 0 amide bonds. The van der Waals surface area contributed by atoms with Gasteiger partial charge in [0.05, 0.1) is 11.0 Å². The Morgan fingerprint density at radius 1 is 0.629 bits per heavy atom. The highest BCUT2D eigenvalue weighted by atomic mass is 32.2. The molecule has 0 spiro atoms. The fourth-order valence-electron chi connectivity index (χ4n) is 6.71. The molecule has 3 heteroatoms. The van der Waals surface area contributed by atoms with Gasteiger partial charge >= 0.3 is 0 Å². The van der Waals surface area contributed by atoms with E-state index in [0.29, 0.717) is 0 Å². The van der Waals surface area contributed by atoms with Crippen molar-refractivity contribution < 1.29 is 0 Å².